The minimum Gasteiger partial charge on any atom is -0.496 e. The molecule has 3 heteroatoms. The molecule has 0 fully saturated rings. The van der Waals surface area contributed by atoms with Crippen molar-refractivity contribution in [3.8, 4) is 5.75 Å². The molecule has 0 aliphatic heterocycles. The largest absolute Gasteiger partial charge is 0.496 e. The summed E-state index contributed by atoms with van der Waals surface area (Å²) < 4.78 is 6.18. The standard InChI is InChI=1S/C13H20BrNO/c1-3-4-5-6-9-15-11-7-8-13(16-2)12(14)10-11/h7-8,10,15H,3-6,9H2,1-2H3. The van der Waals surface area contributed by atoms with Crippen LogP contribution in [-0.4, -0.2) is 13.7 Å². The molecule has 0 amide bonds. The molecule has 1 aromatic rings. The van der Waals surface area contributed by atoms with Crippen LogP contribution < -0.4 is 10.1 Å². The number of rotatable bonds is 7. The molecule has 90 valence electrons. The molecule has 0 aliphatic rings. The van der Waals surface area contributed by atoms with E-state index in [1.807, 2.05) is 12.1 Å². The van der Waals surface area contributed by atoms with E-state index in [0.717, 1.165) is 22.5 Å². The van der Waals surface area contributed by atoms with Crippen LogP contribution in [0.4, 0.5) is 5.69 Å². The zero-order valence-corrected chi connectivity index (χ0v) is 11.6. The van der Waals surface area contributed by atoms with Crippen molar-refractivity contribution >= 4 is 21.6 Å². The molecule has 0 radical (unpaired) electrons. The van der Waals surface area contributed by atoms with Gasteiger partial charge in [0.2, 0.25) is 0 Å². The number of halogens is 1. The van der Waals surface area contributed by atoms with E-state index in [9.17, 15) is 0 Å². The molecule has 0 aliphatic carbocycles. The van der Waals surface area contributed by atoms with Crippen LogP contribution in [0, 0.1) is 0 Å². The first-order valence-electron chi connectivity index (χ1n) is 5.85. The summed E-state index contributed by atoms with van der Waals surface area (Å²) in [5.41, 5.74) is 1.14. The molecule has 1 rings (SSSR count). The van der Waals surface area contributed by atoms with Gasteiger partial charge in [-0.2, -0.15) is 0 Å². The van der Waals surface area contributed by atoms with Gasteiger partial charge < -0.3 is 10.1 Å². The highest BCUT2D eigenvalue weighted by molar-refractivity contribution is 9.10. The van der Waals surface area contributed by atoms with Gasteiger partial charge in [-0.3, -0.25) is 0 Å². The number of benzene rings is 1. The second kappa shape index (κ2) is 7.55. The average Bonchev–Trinajstić information content (AvgIpc) is 2.29. The van der Waals surface area contributed by atoms with Crippen LogP contribution in [0.25, 0.3) is 0 Å². The van der Waals surface area contributed by atoms with Crippen LogP contribution >= 0.6 is 15.9 Å². The number of hydrogen-bond acceptors (Lipinski definition) is 2. The lowest BCUT2D eigenvalue weighted by atomic mass is 10.2. The van der Waals surface area contributed by atoms with E-state index in [-0.39, 0.29) is 0 Å². The van der Waals surface area contributed by atoms with Crippen LogP contribution in [0.3, 0.4) is 0 Å². The van der Waals surface area contributed by atoms with Crippen LogP contribution in [-0.2, 0) is 0 Å². The molecule has 0 unspecified atom stereocenters. The summed E-state index contributed by atoms with van der Waals surface area (Å²) in [6.07, 6.45) is 5.15. The maximum Gasteiger partial charge on any atom is 0.133 e. The zero-order valence-electron chi connectivity index (χ0n) is 10.1. The third-order valence-corrected chi connectivity index (χ3v) is 3.13. The normalized spacial score (nSPS) is 10.2. The van der Waals surface area contributed by atoms with Crippen LogP contribution in [0.15, 0.2) is 22.7 Å². The fraction of sp³-hybridized carbons (Fsp3) is 0.538. The van der Waals surface area contributed by atoms with E-state index >= 15 is 0 Å². The molecule has 16 heavy (non-hydrogen) atoms. The molecule has 0 aromatic heterocycles. The molecule has 0 saturated heterocycles. The Morgan fingerprint density at radius 1 is 1.25 bits per heavy atom. The van der Waals surface area contributed by atoms with Crippen molar-refractivity contribution in [1.82, 2.24) is 0 Å². The van der Waals surface area contributed by atoms with Crippen LogP contribution in [0.2, 0.25) is 0 Å². The van der Waals surface area contributed by atoms with Crippen molar-refractivity contribution in [2.24, 2.45) is 0 Å². The third kappa shape index (κ3) is 4.44. The molecule has 1 N–H and O–H groups in total. The van der Waals surface area contributed by atoms with Gasteiger partial charge in [0, 0.05) is 12.2 Å². The first-order valence-corrected chi connectivity index (χ1v) is 6.64. The lowest BCUT2D eigenvalue weighted by Crippen LogP contribution is -2.01. The lowest BCUT2D eigenvalue weighted by molar-refractivity contribution is 0.412. The van der Waals surface area contributed by atoms with Gasteiger partial charge in [-0.15, -0.1) is 0 Å². The number of methoxy groups -OCH3 is 1. The van der Waals surface area contributed by atoms with Crippen molar-refractivity contribution in [2.75, 3.05) is 19.0 Å². The Bertz CT molecular complexity index is 315. The Labute approximate surface area is 107 Å². The molecular weight excluding hydrogens is 266 g/mol. The van der Waals surface area contributed by atoms with E-state index in [1.165, 1.54) is 25.7 Å². The van der Waals surface area contributed by atoms with Gasteiger partial charge in [0.05, 0.1) is 11.6 Å². The monoisotopic (exact) mass is 285 g/mol. The van der Waals surface area contributed by atoms with Gasteiger partial charge in [-0.05, 0) is 40.5 Å². The maximum atomic E-state index is 5.18. The first kappa shape index (κ1) is 13.4. The predicted octanol–water partition coefficient (Wildman–Crippen LogP) is 4.45. The lowest BCUT2D eigenvalue weighted by Gasteiger charge is -2.08. The summed E-state index contributed by atoms with van der Waals surface area (Å²) in [7, 11) is 1.68. The van der Waals surface area contributed by atoms with Gasteiger partial charge in [0.1, 0.15) is 5.75 Å². The maximum absolute atomic E-state index is 5.18. The highest BCUT2D eigenvalue weighted by atomic mass is 79.9. The molecule has 0 saturated carbocycles. The van der Waals surface area contributed by atoms with Gasteiger partial charge in [0.25, 0.3) is 0 Å². The Morgan fingerprint density at radius 3 is 2.69 bits per heavy atom. The molecule has 1 aromatic carbocycles. The van der Waals surface area contributed by atoms with Gasteiger partial charge >= 0.3 is 0 Å². The topological polar surface area (TPSA) is 21.3 Å². The smallest absolute Gasteiger partial charge is 0.133 e. The van der Waals surface area contributed by atoms with E-state index in [0.29, 0.717) is 0 Å². The predicted molar refractivity (Wildman–Crippen MR) is 73.3 cm³/mol. The van der Waals surface area contributed by atoms with E-state index in [1.54, 1.807) is 7.11 Å². The minimum atomic E-state index is 0.872. The van der Waals surface area contributed by atoms with E-state index in [2.05, 4.69) is 34.2 Å². The molecular formula is C13H20BrNO. The Hall–Kier alpha value is -0.700. The summed E-state index contributed by atoms with van der Waals surface area (Å²) in [5.74, 6) is 0.872. The summed E-state index contributed by atoms with van der Waals surface area (Å²) in [4.78, 5) is 0. The van der Waals surface area contributed by atoms with Gasteiger partial charge in [0.15, 0.2) is 0 Å². The number of anilines is 1. The first-order chi connectivity index (χ1) is 7.77. The fourth-order valence-corrected chi connectivity index (χ4v) is 2.10. The van der Waals surface area contributed by atoms with Crippen molar-refractivity contribution in [1.29, 1.82) is 0 Å². The average molecular weight is 286 g/mol. The van der Waals surface area contributed by atoms with Crippen LogP contribution in [0.1, 0.15) is 32.6 Å². The Kier molecular flexibility index (Phi) is 6.31. The highest BCUT2D eigenvalue weighted by Gasteiger charge is 2.00. The molecule has 2 nitrogen and oxygen atoms in total. The molecule has 0 spiro atoms. The second-order valence-corrected chi connectivity index (χ2v) is 4.69. The van der Waals surface area contributed by atoms with Crippen molar-refractivity contribution in [2.45, 2.75) is 32.6 Å². The molecule has 0 atom stereocenters. The number of unbranched alkanes of at least 4 members (excludes halogenated alkanes) is 3. The highest BCUT2D eigenvalue weighted by Crippen LogP contribution is 2.27. The summed E-state index contributed by atoms with van der Waals surface area (Å²) >= 11 is 3.48. The summed E-state index contributed by atoms with van der Waals surface area (Å²) in [6, 6.07) is 6.07. The fourth-order valence-electron chi connectivity index (χ4n) is 1.56. The quantitative estimate of drug-likeness (QED) is 0.748. The number of nitrogens with one attached hydrogen (secondary N) is 1. The van der Waals surface area contributed by atoms with Crippen molar-refractivity contribution in [3.63, 3.8) is 0 Å². The second-order valence-electron chi connectivity index (χ2n) is 3.84. The van der Waals surface area contributed by atoms with E-state index < -0.39 is 0 Å². The van der Waals surface area contributed by atoms with Gasteiger partial charge in [-0.1, -0.05) is 26.2 Å². The molecule has 0 heterocycles. The van der Waals surface area contributed by atoms with Gasteiger partial charge in [-0.25, -0.2) is 0 Å². The number of ether oxygens (including phenoxy) is 1. The Morgan fingerprint density at radius 2 is 2.06 bits per heavy atom. The summed E-state index contributed by atoms with van der Waals surface area (Å²) in [5, 5.41) is 3.41. The SMILES string of the molecule is CCCCCCNc1ccc(OC)c(Br)c1. The van der Waals surface area contributed by atoms with Crippen molar-refractivity contribution < 1.29 is 4.74 Å². The minimum absolute atomic E-state index is 0.872. The van der Waals surface area contributed by atoms with E-state index in [4.69, 9.17) is 4.74 Å². The number of hydrogen-bond donors (Lipinski definition) is 1. The Balaban J connectivity index is 2.34. The molecule has 0 bridgehead atoms. The van der Waals surface area contributed by atoms with Crippen LogP contribution in [0.5, 0.6) is 5.75 Å². The summed E-state index contributed by atoms with van der Waals surface area (Å²) in [6.45, 7) is 3.27. The third-order valence-electron chi connectivity index (χ3n) is 2.51. The zero-order chi connectivity index (χ0) is 11.8. The van der Waals surface area contributed by atoms with Crippen molar-refractivity contribution in [3.05, 3.63) is 22.7 Å².